The van der Waals surface area contributed by atoms with Crippen molar-refractivity contribution in [3.63, 3.8) is 0 Å². The van der Waals surface area contributed by atoms with Crippen LogP contribution in [0.15, 0.2) is 48.7 Å². The second-order valence-corrected chi connectivity index (χ2v) is 6.72. The van der Waals surface area contributed by atoms with E-state index in [4.69, 9.17) is 9.47 Å². The van der Waals surface area contributed by atoms with Crippen molar-refractivity contribution in [3.05, 3.63) is 65.6 Å². The summed E-state index contributed by atoms with van der Waals surface area (Å²) in [7, 11) is 3.12. The van der Waals surface area contributed by atoms with E-state index >= 15 is 0 Å². The van der Waals surface area contributed by atoms with Crippen LogP contribution in [-0.2, 0) is 0 Å². The zero-order valence-electron chi connectivity index (χ0n) is 15.8. The normalized spacial score (nSPS) is 14.1. The Hall–Kier alpha value is -3.28. The van der Waals surface area contributed by atoms with Gasteiger partial charge in [-0.2, -0.15) is 0 Å². The number of aromatic nitrogens is 1. The number of nitrogens with zero attached hydrogens (tertiary/aromatic N) is 1. The van der Waals surface area contributed by atoms with Gasteiger partial charge in [0.05, 0.1) is 14.2 Å². The third-order valence-electron chi connectivity index (χ3n) is 5.08. The van der Waals surface area contributed by atoms with E-state index in [0.29, 0.717) is 36.6 Å². The van der Waals surface area contributed by atoms with Crippen LogP contribution in [0.4, 0.5) is 4.39 Å². The fourth-order valence-corrected chi connectivity index (χ4v) is 3.57. The molecule has 1 aliphatic heterocycles. The molecular weight excluding hydrogens is 359 g/mol. The first-order valence-electron chi connectivity index (χ1n) is 9.07. The van der Waals surface area contributed by atoms with E-state index in [0.717, 1.165) is 22.0 Å². The molecule has 4 rings (SSSR count). The van der Waals surface area contributed by atoms with Gasteiger partial charge < -0.3 is 19.4 Å². The van der Waals surface area contributed by atoms with Gasteiger partial charge in [-0.3, -0.25) is 4.79 Å². The molecule has 0 atom stereocenters. The van der Waals surface area contributed by atoms with Crippen molar-refractivity contribution in [2.45, 2.75) is 6.42 Å². The second-order valence-electron chi connectivity index (χ2n) is 6.72. The number of H-pyrrole nitrogens is 1. The molecule has 0 aliphatic carbocycles. The summed E-state index contributed by atoms with van der Waals surface area (Å²) in [5, 5.41) is 0.864. The third kappa shape index (κ3) is 3.33. The highest BCUT2D eigenvalue weighted by Gasteiger charge is 2.21. The summed E-state index contributed by atoms with van der Waals surface area (Å²) in [6.45, 7) is 1.09. The molecule has 1 aromatic heterocycles. The number of ether oxygens (including phenoxy) is 2. The molecule has 6 heteroatoms. The molecule has 3 aromatic rings. The molecule has 1 amide bonds. The molecule has 0 spiro atoms. The van der Waals surface area contributed by atoms with Crippen LogP contribution < -0.4 is 9.47 Å². The highest BCUT2D eigenvalue weighted by Crippen LogP contribution is 2.30. The van der Waals surface area contributed by atoms with E-state index < -0.39 is 0 Å². The van der Waals surface area contributed by atoms with Crippen molar-refractivity contribution >= 4 is 22.4 Å². The Kier molecular flexibility index (Phi) is 4.77. The van der Waals surface area contributed by atoms with Gasteiger partial charge >= 0.3 is 0 Å². The molecule has 0 radical (unpaired) electrons. The lowest BCUT2D eigenvalue weighted by molar-refractivity contribution is 0.0772. The number of carbonyl (C=O) groups is 1. The van der Waals surface area contributed by atoms with Crippen LogP contribution >= 0.6 is 0 Å². The van der Waals surface area contributed by atoms with Crippen LogP contribution in [0.2, 0.25) is 0 Å². The molecule has 28 heavy (non-hydrogen) atoms. The summed E-state index contributed by atoms with van der Waals surface area (Å²) >= 11 is 0. The number of nitrogens with one attached hydrogen (secondary N) is 1. The number of methoxy groups -OCH3 is 2. The van der Waals surface area contributed by atoms with E-state index in [1.54, 1.807) is 49.5 Å². The van der Waals surface area contributed by atoms with Gasteiger partial charge in [-0.25, -0.2) is 4.39 Å². The minimum absolute atomic E-state index is 0.0718. The zero-order valence-corrected chi connectivity index (χ0v) is 15.8. The maximum Gasteiger partial charge on any atom is 0.254 e. The van der Waals surface area contributed by atoms with Crippen LogP contribution in [0.1, 0.15) is 22.3 Å². The zero-order chi connectivity index (χ0) is 19.7. The van der Waals surface area contributed by atoms with Crippen LogP contribution in [0.3, 0.4) is 0 Å². The average molecular weight is 380 g/mol. The van der Waals surface area contributed by atoms with Gasteiger partial charge in [0, 0.05) is 47.4 Å². The smallest absolute Gasteiger partial charge is 0.254 e. The summed E-state index contributed by atoms with van der Waals surface area (Å²) in [6, 6.07) is 9.90. The van der Waals surface area contributed by atoms with Gasteiger partial charge in [0.2, 0.25) is 0 Å². The van der Waals surface area contributed by atoms with E-state index in [1.165, 1.54) is 6.07 Å². The Morgan fingerprint density at radius 3 is 2.50 bits per heavy atom. The largest absolute Gasteiger partial charge is 0.497 e. The number of hydrogen-bond acceptors (Lipinski definition) is 3. The minimum Gasteiger partial charge on any atom is -0.497 e. The Morgan fingerprint density at radius 1 is 1.11 bits per heavy atom. The van der Waals surface area contributed by atoms with Gasteiger partial charge in [-0.15, -0.1) is 0 Å². The predicted molar refractivity (Wildman–Crippen MR) is 106 cm³/mol. The standard InChI is InChI=1S/C22H21FN2O3/c1-27-17-9-15(10-18(12-17)28-2)22(26)25-7-5-14(6-8-25)20-13-24-21-4-3-16(23)11-19(20)21/h3-5,9-13,24H,6-8H2,1-2H3. The van der Waals surface area contributed by atoms with Crippen molar-refractivity contribution in [1.29, 1.82) is 0 Å². The van der Waals surface area contributed by atoms with E-state index in [1.807, 2.05) is 12.3 Å². The third-order valence-corrected chi connectivity index (χ3v) is 5.08. The number of aromatic amines is 1. The van der Waals surface area contributed by atoms with Crippen molar-refractivity contribution < 1.29 is 18.7 Å². The first-order valence-corrected chi connectivity index (χ1v) is 9.07. The SMILES string of the molecule is COc1cc(OC)cc(C(=O)N2CC=C(c3c[nH]c4ccc(F)cc34)CC2)c1. The Labute approximate surface area is 162 Å². The van der Waals surface area contributed by atoms with Crippen LogP contribution in [0.25, 0.3) is 16.5 Å². The summed E-state index contributed by atoms with van der Waals surface area (Å²) in [5.74, 6) is 0.833. The van der Waals surface area contributed by atoms with Gasteiger partial charge in [0.15, 0.2) is 0 Å². The molecule has 2 aromatic carbocycles. The number of hydrogen-bond donors (Lipinski definition) is 1. The highest BCUT2D eigenvalue weighted by atomic mass is 19.1. The van der Waals surface area contributed by atoms with Crippen LogP contribution in [0.5, 0.6) is 11.5 Å². The highest BCUT2D eigenvalue weighted by molar-refractivity contribution is 5.97. The second kappa shape index (κ2) is 7.38. The van der Waals surface area contributed by atoms with Gasteiger partial charge in [0.25, 0.3) is 5.91 Å². The lowest BCUT2D eigenvalue weighted by Gasteiger charge is -2.27. The van der Waals surface area contributed by atoms with Gasteiger partial charge in [0.1, 0.15) is 17.3 Å². The fraction of sp³-hybridized carbons (Fsp3) is 0.227. The average Bonchev–Trinajstić information content (AvgIpc) is 3.15. The van der Waals surface area contributed by atoms with Crippen molar-refractivity contribution in [1.82, 2.24) is 9.88 Å². The summed E-state index contributed by atoms with van der Waals surface area (Å²) in [4.78, 5) is 17.9. The molecule has 0 saturated carbocycles. The van der Waals surface area contributed by atoms with Gasteiger partial charge in [-0.1, -0.05) is 6.08 Å². The van der Waals surface area contributed by atoms with Crippen LogP contribution in [-0.4, -0.2) is 43.1 Å². The van der Waals surface area contributed by atoms with Crippen molar-refractivity contribution in [2.24, 2.45) is 0 Å². The maximum atomic E-state index is 13.6. The number of benzene rings is 2. The van der Waals surface area contributed by atoms with Crippen LogP contribution in [0, 0.1) is 5.82 Å². The van der Waals surface area contributed by atoms with Crippen molar-refractivity contribution in [3.8, 4) is 11.5 Å². The number of rotatable bonds is 4. The Morgan fingerprint density at radius 2 is 1.86 bits per heavy atom. The lowest BCUT2D eigenvalue weighted by atomic mass is 9.98. The quantitative estimate of drug-likeness (QED) is 0.736. The van der Waals surface area contributed by atoms with Crippen molar-refractivity contribution in [2.75, 3.05) is 27.3 Å². The number of carbonyl (C=O) groups excluding carboxylic acids is 1. The first kappa shape index (κ1) is 18.1. The lowest BCUT2D eigenvalue weighted by Crippen LogP contribution is -2.34. The molecular formula is C22H21FN2O3. The number of amides is 1. The first-order chi connectivity index (χ1) is 13.6. The summed E-state index contributed by atoms with van der Waals surface area (Å²) in [5.41, 5.74) is 3.54. The molecule has 0 bridgehead atoms. The van der Waals surface area contributed by atoms with E-state index in [-0.39, 0.29) is 11.7 Å². The van der Waals surface area contributed by atoms with E-state index in [2.05, 4.69) is 4.98 Å². The van der Waals surface area contributed by atoms with E-state index in [9.17, 15) is 9.18 Å². The fourth-order valence-electron chi connectivity index (χ4n) is 3.57. The Bertz CT molecular complexity index is 1050. The summed E-state index contributed by atoms with van der Waals surface area (Å²) in [6.07, 6.45) is 4.64. The monoisotopic (exact) mass is 380 g/mol. The molecule has 1 N–H and O–H groups in total. The molecule has 1 aliphatic rings. The molecule has 0 unspecified atom stereocenters. The number of fused-ring (bicyclic) bond motifs is 1. The topological polar surface area (TPSA) is 54.6 Å². The molecule has 0 fully saturated rings. The molecule has 0 saturated heterocycles. The van der Waals surface area contributed by atoms with Gasteiger partial charge in [-0.05, 0) is 42.3 Å². The molecule has 144 valence electrons. The summed E-state index contributed by atoms with van der Waals surface area (Å²) < 4.78 is 24.1. The number of halogens is 1. The molecule has 2 heterocycles. The predicted octanol–water partition coefficient (Wildman–Crippen LogP) is 4.25. The molecule has 5 nitrogen and oxygen atoms in total. The minimum atomic E-state index is -0.256. The Balaban J connectivity index is 1.57. The maximum absolute atomic E-state index is 13.6.